The van der Waals surface area contributed by atoms with E-state index in [0.717, 1.165) is 50.3 Å². The number of carbonyl (C=O) groups is 2. The van der Waals surface area contributed by atoms with Crippen LogP contribution < -0.4 is 4.90 Å². The standard InChI is InChI=1S/C28H39N3O3/c1-19(17-26(32)31-14-6-8-20-7-3-4-10-24(20)31)22-18-29-23-9-5-11-25(27(22)23)30-15-12-21(13-16-30)28(33)34-2/h5,9,11,18-21,24,29H,3-4,6-8,10,12-17H2,1-2H3. The van der Waals surface area contributed by atoms with E-state index in [0.29, 0.717) is 18.4 Å². The van der Waals surface area contributed by atoms with Gasteiger partial charge in [-0.15, -0.1) is 0 Å². The Morgan fingerprint density at radius 3 is 2.62 bits per heavy atom. The molecular formula is C28H39N3O3. The number of rotatable bonds is 5. The number of carbonyl (C=O) groups excluding carboxylic acids is 2. The molecule has 3 unspecified atom stereocenters. The molecule has 1 aromatic carbocycles. The van der Waals surface area contributed by atoms with Crippen LogP contribution in [-0.2, 0) is 14.3 Å². The number of fused-ring (bicyclic) bond motifs is 2. The molecule has 5 rings (SSSR count). The van der Waals surface area contributed by atoms with Gasteiger partial charge in [0.2, 0.25) is 5.91 Å². The molecule has 0 radical (unpaired) electrons. The van der Waals surface area contributed by atoms with Crippen LogP contribution in [0.1, 0.15) is 76.2 Å². The van der Waals surface area contributed by atoms with Crippen molar-refractivity contribution in [2.45, 2.75) is 76.7 Å². The van der Waals surface area contributed by atoms with Crippen molar-refractivity contribution in [2.24, 2.45) is 11.8 Å². The lowest BCUT2D eigenvalue weighted by Gasteiger charge is -2.44. The first kappa shape index (κ1) is 23.3. The summed E-state index contributed by atoms with van der Waals surface area (Å²) in [4.78, 5) is 33.5. The van der Waals surface area contributed by atoms with Crippen molar-refractivity contribution in [3.05, 3.63) is 30.0 Å². The third-order valence-corrected chi connectivity index (χ3v) is 8.66. The Hall–Kier alpha value is -2.50. The van der Waals surface area contributed by atoms with Gasteiger partial charge < -0.3 is 19.5 Å². The second-order valence-electron chi connectivity index (χ2n) is 10.7. The number of anilines is 1. The molecule has 1 aliphatic carbocycles. The SMILES string of the molecule is COC(=O)C1CCN(c2cccc3[nH]cc(C(C)CC(=O)N4CCCC5CCCCC54)c23)CC1. The lowest BCUT2D eigenvalue weighted by molar-refractivity contribution is -0.146. The highest BCUT2D eigenvalue weighted by Gasteiger charge is 2.36. The molecule has 1 saturated carbocycles. The van der Waals surface area contributed by atoms with Crippen molar-refractivity contribution in [2.75, 3.05) is 31.6 Å². The van der Waals surface area contributed by atoms with Crippen LogP contribution >= 0.6 is 0 Å². The Kier molecular flexibility index (Phi) is 6.84. The normalized spacial score (nSPS) is 24.6. The molecule has 3 heterocycles. The van der Waals surface area contributed by atoms with E-state index in [9.17, 15) is 9.59 Å². The third kappa shape index (κ3) is 4.44. The van der Waals surface area contributed by atoms with Gasteiger partial charge in [-0.1, -0.05) is 25.8 Å². The van der Waals surface area contributed by atoms with Crippen molar-refractivity contribution < 1.29 is 14.3 Å². The maximum Gasteiger partial charge on any atom is 0.308 e. The van der Waals surface area contributed by atoms with Crippen molar-refractivity contribution in [3.8, 4) is 0 Å². The van der Waals surface area contributed by atoms with E-state index in [1.165, 1.54) is 55.9 Å². The number of nitrogens with zero attached hydrogens (tertiary/aromatic N) is 2. The van der Waals surface area contributed by atoms with E-state index in [-0.39, 0.29) is 17.8 Å². The smallest absolute Gasteiger partial charge is 0.308 e. The summed E-state index contributed by atoms with van der Waals surface area (Å²) in [5, 5.41) is 1.23. The van der Waals surface area contributed by atoms with E-state index < -0.39 is 0 Å². The van der Waals surface area contributed by atoms with E-state index in [4.69, 9.17) is 4.74 Å². The molecule has 34 heavy (non-hydrogen) atoms. The molecule has 1 amide bonds. The molecule has 0 bridgehead atoms. The van der Waals surface area contributed by atoms with Crippen LogP contribution in [0.2, 0.25) is 0 Å². The molecule has 0 spiro atoms. The van der Waals surface area contributed by atoms with Crippen LogP contribution in [0, 0.1) is 11.8 Å². The zero-order valence-electron chi connectivity index (χ0n) is 20.7. The van der Waals surface area contributed by atoms with Gasteiger partial charge in [-0.3, -0.25) is 9.59 Å². The minimum Gasteiger partial charge on any atom is -0.469 e. The van der Waals surface area contributed by atoms with Crippen molar-refractivity contribution in [1.29, 1.82) is 0 Å². The molecule has 3 fully saturated rings. The van der Waals surface area contributed by atoms with Crippen LogP contribution in [-0.4, -0.2) is 54.5 Å². The molecule has 2 aromatic rings. The number of hydrogen-bond donors (Lipinski definition) is 1. The number of hydrogen-bond acceptors (Lipinski definition) is 4. The first-order valence-corrected chi connectivity index (χ1v) is 13.3. The molecule has 6 nitrogen and oxygen atoms in total. The summed E-state index contributed by atoms with van der Waals surface area (Å²) >= 11 is 0. The molecule has 1 aromatic heterocycles. The summed E-state index contributed by atoms with van der Waals surface area (Å²) in [6, 6.07) is 6.87. The molecule has 3 aliphatic rings. The third-order valence-electron chi connectivity index (χ3n) is 8.66. The second kappa shape index (κ2) is 10.0. The topological polar surface area (TPSA) is 65.6 Å². The number of amides is 1. The van der Waals surface area contributed by atoms with E-state index >= 15 is 0 Å². The van der Waals surface area contributed by atoms with Gasteiger partial charge in [0.1, 0.15) is 0 Å². The Labute approximate surface area is 203 Å². The van der Waals surface area contributed by atoms with Crippen LogP contribution in [0.25, 0.3) is 10.9 Å². The van der Waals surface area contributed by atoms with Gasteiger partial charge in [-0.25, -0.2) is 0 Å². The number of piperidine rings is 2. The lowest BCUT2D eigenvalue weighted by Crippen LogP contribution is -2.49. The van der Waals surface area contributed by atoms with Crippen molar-refractivity contribution in [1.82, 2.24) is 9.88 Å². The molecule has 3 atom stereocenters. The molecule has 6 heteroatoms. The molecule has 2 aliphatic heterocycles. The first-order chi connectivity index (χ1) is 16.6. The molecule has 1 N–H and O–H groups in total. The Morgan fingerprint density at radius 2 is 1.82 bits per heavy atom. The van der Waals surface area contributed by atoms with Gasteiger partial charge >= 0.3 is 5.97 Å². The highest BCUT2D eigenvalue weighted by Crippen LogP contribution is 2.39. The largest absolute Gasteiger partial charge is 0.469 e. The predicted octanol–water partition coefficient (Wildman–Crippen LogP) is 5.23. The average Bonchev–Trinajstić information content (AvgIpc) is 3.32. The highest BCUT2D eigenvalue weighted by atomic mass is 16.5. The number of benzene rings is 1. The minimum absolute atomic E-state index is 0.00384. The van der Waals surface area contributed by atoms with Crippen LogP contribution in [0.15, 0.2) is 24.4 Å². The number of esters is 1. The maximum absolute atomic E-state index is 13.5. The summed E-state index contributed by atoms with van der Waals surface area (Å²) in [7, 11) is 1.47. The number of likely N-dealkylation sites (tertiary alicyclic amines) is 1. The quantitative estimate of drug-likeness (QED) is 0.614. The maximum atomic E-state index is 13.5. The number of H-pyrrole nitrogens is 1. The number of ether oxygens (including phenoxy) is 1. The van der Waals surface area contributed by atoms with Crippen molar-refractivity contribution >= 4 is 28.5 Å². The van der Waals surface area contributed by atoms with Gasteiger partial charge in [-0.05, 0) is 68.1 Å². The average molecular weight is 466 g/mol. The lowest BCUT2D eigenvalue weighted by atomic mass is 9.78. The summed E-state index contributed by atoms with van der Waals surface area (Å²) in [5.41, 5.74) is 3.56. The number of methoxy groups -OCH3 is 1. The van der Waals surface area contributed by atoms with Crippen LogP contribution in [0.3, 0.4) is 0 Å². The Bertz CT molecular complexity index is 1020. The van der Waals surface area contributed by atoms with E-state index in [1.807, 2.05) is 0 Å². The van der Waals surface area contributed by atoms with Gasteiger partial charge in [0.05, 0.1) is 13.0 Å². The summed E-state index contributed by atoms with van der Waals surface area (Å²) < 4.78 is 4.96. The summed E-state index contributed by atoms with van der Waals surface area (Å²) in [5.74, 6) is 1.10. The van der Waals surface area contributed by atoms with Crippen molar-refractivity contribution in [3.63, 3.8) is 0 Å². The molecular weight excluding hydrogens is 426 g/mol. The van der Waals surface area contributed by atoms with Gasteiger partial charge in [0, 0.05) is 54.9 Å². The van der Waals surface area contributed by atoms with E-state index in [2.05, 4.69) is 46.1 Å². The highest BCUT2D eigenvalue weighted by molar-refractivity contribution is 5.96. The second-order valence-corrected chi connectivity index (χ2v) is 10.7. The van der Waals surface area contributed by atoms with E-state index in [1.54, 1.807) is 0 Å². The number of nitrogens with one attached hydrogen (secondary N) is 1. The summed E-state index contributed by atoms with van der Waals surface area (Å²) in [6.07, 6.45) is 11.8. The summed E-state index contributed by atoms with van der Waals surface area (Å²) in [6.45, 7) is 4.81. The zero-order chi connectivity index (χ0) is 23.7. The zero-order valence-corrected chi connectivity index (χ0v) is 20.7. The van der Waals surface area contributed by atoms with Gasteiger partial charge in [-0.2, -0.15) is 0 Å². The predicted molar refractivity (Wildman–Crippen MR) is 135 cm³/mol. The number of aromatic nitrogens is 1. The van der Waals surface area contributed by atoms with Gasteiger partial charge in [0.25, 0.3) is 0 Å². The Balaban J connectivity index is 1.33. The minimum atomic E-state index is -0.0924. The fourth-order valence-electron chi connectivity index (χ4n) is 6.79. The van der Waals surface area contributed by atoms with Gasteiger partial charge in [0.15, 0.2) is 0 Å². The Morgan fingerprint density at radius 1 is 1.06 bits per heavy atom. The first-order valence-electron chi connectivity index (χ1n) is 13.3. The fourth-order valence-corrected chi connectivity index (χ4v) is 6.79. The molecule has 2 saturated heterocycles. The van der Waals surface area contributed by atoms with Crippen LogP contribution in [0.5, 0.6) is 0 Å². The van der Waals surface area contributed by atoms with Crippen LogP contribution in [0.4, 0.5) is 5.69 Å². The molecule has 184 valence electrons. The number of aromatic amines is 1. The fraction of sp³-hybridized carbons (Fsp3) is 0.643. The monoisotopic (exact) mass is 465 g/mol.